The van der Waals surface area contributed by atoms with Crippen LogP contribution in [0, 0.1) is 0 Å². The third kappa shape index (κ3) is 4.09. The summed E-state index contributed by atoms with van der Waals surface area (Å²) < 4.78 is 0. The smallest absolute Gasteiger partial charge is 0.264 e. The molecule has 2 N–H and O–H groups in total. The van der Waals surface area contributed by atoms with Crippen LogP contribution in [0.25, 0.3) is 33.8 Å². The minimum Gasteiger partial charge on any atom is -0.322 e. The largest absolute Gasteiger partial charge is 0.322 e. The molecule has 1 aliphatic rings. The van der Waals surface area contributed by atoms with Gasteiger partial charge in [-0.1, -0.05) is 60.7 Å². The lowest BCUT2D eigenvalue weighted by Gasteiger charge is -2.13. The highest BCUT2D eigenvalue weighted by molar-refractivity contribution is 6.15. The zero-order chi connectivity index (χ0) is 24.5. The molecule has 174 valence electrons. The van der Waals surface area contributed by atoms with E-state index >= 15 is 0 Å². The third-order valence-corrected chi connectivity index (χ3v) is 6.40. The molecular weight excluding hydrogens is 448 g/mol. The first-order valence-electron chi connectivity index (χ1n) is 11.8. The van der Waals surface area contributed by atoms with Gasteiger partial charge in [0.15, 0.2) is 0 Å². The van der Waals surface area contributed by atoms with Gasteiger partial charge >= 0.3 is 0 Å². The molecule has 6 rings (SSSR count). The molecule has 1 aliphatic carbocycles. The number of aromatic amines is 1. The summed E-state index contributed by atoms with van der Waals surface area (Å²) in [5.41, 5.74) is 7.41. The molecule has 0 radical (unpaired) electrons. The summed E-state index contributed by atoms with van der Waals surface area (Å²) in [7, 11) is 0. The van der Waals surface area contributed by atoms with Crippen LogP contribution < -0.4 is 10.9 Å². The molecule has 5 aromatic rings. The Morgan fingerprint density at radius 1 is 0.889 bits per heavy atom. The first-order valence-corrected chi connectivity index (χ1v) is 11.8. The van der Waals surface area contributed by atoms with E-state index in [1.807, 2.05) is 66.7 Å². The van der Waals surface area contributed by atoms with Crippen LogP contribution in [-0.2, 0) is 6.42 Å². The van der Waals surface area contributed by atoms with Crippen LogP contribution in [0.1, 0.15) is 33.6 Å². The van der Waals surface area contributed by atoms with Crippen LogP contribution in [-0.4, -0.2) is 21.1 Å². The quantitative estimate of drug-likeness (QED) is 0.351. The van der Waals surface area contributed by atoms with Gasteiger partial charge in [0, 0.05) is 22.7 Å². The lowest BCUT2D eigenvalue weighted by atomic mass is 9.99. The molecule has 36 heavy (non-hydrogen) atoms. The minimum absolute atomic E-state index is 0.169. The van der Waals surface area contributed by atoms with Crippen molar-refractivity contribution >= 4 is 34.1 Å². The Kier molecular flexibility index (Phi) is 5.46. The lowest BCUT2D eigenvalue weighted by molar-refractivity contribution is 0.102. The van der Waals surface area contributed by atoms with E-state index in [9.17, 15) is 9.59 Å². The van der Waals surface area contributed by atoms with Crippen LogP contribution in [0.3, 0.4) is 0 Å². The van der Waals surface area contributed by atoms with Crippen LogP contribution in [0.15, 0.2) is 95.8 Å². The number of aromatic nitrogens is 3. The van der Waals surface area contributed by atoms with Gasteiger partial charge in [-0.05, 0) is 59.9 Å². The van der Waals surface area contributed by atoms with Crippen molar-refractivity contribution in [3.8, 4) is 11.3 Å². The minimum atomic E-state index is -0.262. The summed E-state index contributed by atoms with van der Waals surface area (Å²) >= 11 is 0. The molecule has 0 aliphatic heterocycles. The standard InChI is InChI=1S/C30H22N4O2/c35-27-16-15-25(33-34-27)20-9-6-10-22(18-20)31-30(36)28-23-11-4-5-12-26(23)32-29-21(13-14-24(28)29)17-19-7-2-1-3-8-19/h1-12,15-18H,13-14H2,(H,31,36)(H,34,35)/b21-17-. The van der Waals surface area contributed by atoms with E-state index in [1.165, 1.54) is 6.07 Å². The third-order valence-electron chi connectivity index (χ3n) is 6.40. The number of hydrogen-bond donors (Lipinski definition) is 2. The molecule has 6 heteroatoms. The fourth-order valence-corrected chi connectivity index (χ4v) is 4.74. The van der Waals surface area contributed by atoms with Crippen molar-refractivity contribution in [2.45, 2.75) is 12.8 Å². The molecule has 0 bridgehead atoms. The number of carbonyl (C=O) groups is 1. The van der Waals surface area contributed by atoms with E-state index in [0.717, 1.165) is 51.7 Å². The SMILES string of the molecule is O=C(Nc1cccc(-c2ccc(=O)[nH]n2)c1)c1c2c(nc3ccccc13)/C(=C\c1ccccc1)CC2. The predicted octanol–water partition coefficient (Wildman–Crippen LogP) is 5.72. The van der Waals surface area contributed by atoms with Gasteiger partial charge in [-0.15, -0.1) is 0 Å². The molecule has 0 fully saturated rings. The number of nitrogens with zero attached hydrogens (tertiary/aromatic N) is 2. The maximum Gasteiger partial charge on any atom is 0.264 e. The van der Waals surface area contributed by atoms with Crippen LogP contribution in [0.4, 0.5) is 5.69 Å². The average Bonchev–Trinajstić information content (AvgIpc) is 3.30. The molecule has 2 heterocycles. The van der Waals surface area contributed by atoms with Crippen LogP contribution in [0.5, 0.6) is 0 Å². The normalized spacial score (nSPS) is 13.6. The maximum atomic E-state index is 13.7. The molecule has 2 aromatic heterocycles. The Morgan fingerprint density at radius 2 is 1.72 bits per heavy atom. The number of pyridine rings is 1. The number of nitrogens with one attached hydrogen (secondary N) is 2. The highest BCUT2D eigenvalue weighted by Gasteiger charge is 2.27. The van der Waals surface area contributed by atoms with Gasteiger partial charge in [-0.2, -0.15) is 5.10 Å². The summed E-state index contributed by atoms with van der Waals surface area (Å²) in [5.74, 6) is -0.169. The number of rotatable bonds is 4. The number of H-pyrrole nitrogens is 1. The number of hydrogen-bond acceptors (Lipinski definition) is 4. The molecule has 3 aromatic carbocycles. The molecule has 0 saturated heterocycles. The van der Waals surface area contributed by atoms with Crippen molar-refractivity contribution in [3.05, 3.63) is 124 Å². The molecule has 0 unspecified atom stereocenters. The van der Waals surface area contributed by atoms with Crippen LogP contribution in [0.2, 0.25) is 0 Å². The highest BCUT2D eigenvalue weighted by Crippen LogP contribution is 2.38. The summed E-state index contributed by atoms with van der Waals surface area (Å²) in [6.07, 6.45) is 3.76. The Bertz CT molecular complexity index is 1680. The van der Waals surface area contributed by atoms with E-state index in [-0.39, 0.29) is 11.5 Å². The van der Waals surface area contributed by atoms with Crippen molar-refractivity contribution in [2.75, 3.05) is 5.32 Å². The van der Waals surface area contributed by atoms with E-state index in [2.05, 4.69) is 33.7 Å². The summed E-state index contributed by atoms with van der Waals surface area (Å²) in [5, 5.41) is 10.5. The average molecular weight is 471 g/mol. The maximum absolute atomic E-state index is 13.7. The first kappa shape index (κ1) is 21.7. The van der Waals surface area contributed by atoms with Crippen molar-refractivity contribution in [3.63, 3.8) is 0 Å². The fourth-order valence-electron chi connectivity index (χ4n) is 4.74. The Morgan fingerprint density at radius 3 is 2.56 bits per heavy atom. The van der Waals surface area contributed by atoms with Crippen molar-refractivity contribution in [1.29, 1.82) is 0 Å². The summed E-state index contributed by atoms with van der Waals surface area (Å²) in [4.78, 5) is 30.0. The Balaban J connectivity index is 1.40. The topological polar surface area (TPSA) is 87.7 Å². The number of para-hydroxylation sites is 1. The number of amides is 1. The second kappa shape index (κ2) is 9.07. The van der Waals surface area contributed by atoms with Gasteiger partial charge in [0.2, 0.25) is 0 Å². The van der Waals surface area contributed by atoms with Gasteiger partial charge in [0.25, 0.3) is 11.5 Å². The zero-order valence-electron chi connectivity index (χ0n) is 19.4. The van der Waals surface area contributed by atoms with Crippen molar-refractivity contribution in [2.24, 2.45) is 0 Å². The van der Waals surface area contributed by atoms with Gasteiger partial charge in [-0.3, -0.25) is 9.59 Å². The molecular formula is C30H22N4O2. The van der Waals surface area contributed by atoms with Gasteiger partial charge in [0.1, 0.15) is 0 Å². The molecule has 1 amide bonds. The van der Waals surface area contributed by atoms with E-state index in [0.29, 0.717) is 16.9 Å². The summed E-state index contributed by atoms with van der Waals surface area (Å²) in [6, 6.07) is 28.5. The van der Waals surface area contributed by atoms with Gasteiger partial charge in [0.05, 0.1) is 22.5 Å². The Hall–Kier alpha value is -4.84. The number of carbonyl (C=O) groups excluding carboxylic acids is 1. The lowest BCUT2D eigenvalue weighted by Crippen LogP contribution is -2.15. The Labute approximate surface area is 207 Å². The molecule has 0 spiro atoms. The number of fused-ring (bicyclic) bond motifs is 2. The van der Waals surface area contributed by atoms with Gasteiger partial charge < -0.3 is 5.32 Å². The predicted molar refractivity (Wildman–Crippen MR) is 143 cm³/mol. The van der Waals surface area contributed by atoms with Gasteiger partial charge in [-0.25, -0.2) is 10.1 Å². The monoisotopic (exact) mass is 470 g/mol. The summed E-state index contributed by atoms with van der Waals surface area (Å²) in [6.45, 7) is 0. The van der Waals surface area contributed by atoms with E-state index in [4.69, 9.17) is 4.98 Å². The molecule has 0 atom stereocenters. The number of anilines is 1. The molecule has 0 saturated carbocycles. The number of allylic oxidation sites excluding steroid dienone is 1. The first-order chi connectivity index (χ1) is 17.7. The number of benzene rings is 3. The van der Waals surface area contributed by atoms with Crippen LogP contribution >= 0.6 is 0 Å². The van der Waals surface area contributed by atoms with Crippen molar-refractivity contribution < 1.29 is 4.79 Å². The second-order valence-corrected chi connectivity index (χ2v) is 8.75. The van der Waals surface area contributed by atoms with E-state index in [1.54, 1.807) is 6.07 Å². The van der Waals surface area contributed by atoms with Crippen molar-refractivity contribution in [1.82, 2.24) is 15.2 Å². The zero-order valence-corrected chi connectivity index (χ0v) is 19.4. The fraction of sp³-hybridized carbons (Fsp3) is 0.0667. The van der Waals surface area contributed by atoms with E-state index < -0.39 is 0 Å². The highest BCUT2D eigenvalue weighted by atomic mass is 16.1. The molecule has 6 nitrogen and oxygen atoms in total. The second-order valence-electron chi connectivity index (χ2n) is 8.75.